The normalized spacial score (nSPS) is 13.6. The lowest BCUT2D eigenvalue weighted by Crippen LogP contribution is -2.34. The summed E-state index contributed by atoms with van der Waals surface area (Å²) in [4.78, 5) is 4.16. The van der Waals surface area contributed by atoms with Gasteiger partial charge in [0.2, 0.25) is 0 Å². The van der Waals surface area contributed by atoms with Crippen LogP contribution in [0.2, 0.25) is 0 Å². The molecular weight excluding hydrogens is 300 g/mol. The highest BCUT2D eigenvalue weighted by molar-refractivity contribution is 5.62. The van der Waals surface area contributed by atoms with E-state index in [-0.39, 0.29) is 0 Å². The van der Waals surface area contributed by atoms with Crippen molar-refractivity contribution in [2.24, 2.45) is 7.05 Å². The Morgan fingerprint density at radius 3 is 2.71 bits per heavy atom. The number of hydrogen-bond acceptors (Lipinski definition) is 4. The van der Waals surface area contributed by atoms with Crippen LogP contribution in [0, 0.1) is 0 Å². The monoisotopic (exact) mass is 322 g/mol. The Bertz CT molecular complexity index is 796. The van der Waals surface area contributed by atoms with Crippen LogP contribution in [-0.4, -0.2) is 26.4 Å². The number of nitrogens with one attached hydrogen (secondary N) is 1. The zero-order valence-corrected chi connectivity index (χ0v) is 14.0. The Kier molecular flexibility index (Phi) is 4.74. The maximum absolute atomic E-state index is 10.6. The molecule has 5 heteroatoms. The van der Waals surface area contributed by atoms with Crippen molar-refractivity contribution in [1.29, 1.82) is 0 Å². The Morgan fingerprint density at radius 2 is 2.00 bits per heavy atom. The summed E-state index contributed by atoms with van der Waals surface area (Å²) in [5, 5.41) is 18.0. The number of nitrogens with zero attached hydrogens (tertiary/aromatic N) is 3. The first-order chi connectivity index (χ1) is 11.5. The van der Waals surface area contributed by atoms with Crippen LogP contribution in [0.4, 0.5) is 0 Å². The van der Waals surface area contributed by atoms with E-state index in [1.165, 1.54) is 5.56 Å². The molecule has 1 aromatic carbocycles. The van der Waals surface area contributed by atoms with Crippen LogP contribution in [0.5, 0.6) is 0 Å². The lowest BCUT2D eigenvalue weighted by molar-refractivity contribution is 0.0566. The molecule has 0 amide bonds. The molecule has 5 nitrogen and oxygen atoms in total. The van der Waals surface area contributed by atoms with Crippen LogP contribution < -0.4 is 5.32 Å². The minimum absolute atomic E-state index is 0.454. The van der Waals surface area contributed by atoms with E-state index in [4.69, 9.17) is 0 Å². The lowest BCUT2D eigenvalue weighted by atomic mass is 9.99. The van der Waals surface area contributed by atoms with Gasteiger partial charge in [0.05, 0.1) is 6.20 Å². The molecule has 2 N–H and O–H groups in total. The molecule has 3 aromatic rings. The molecule has 0 saturated carbocycles. The minimum atomic E-state index is -0.949. The standard InChI is InChI=1S/C19H22N4O/c1-19(24,18-12-22-23(2)13-18)14-21-10-15-5-3-6-16(9-15)17-7-4-8-20-11-17/h3-9,11-13,21,24H,10,14H2,1-2H3. The van der Waals surface area contributed by atoms with Gasteiger partial charge >= 0.3 is 0 Å². The number of aryl methyl sites for hydroxylation is 1. The van der Waals surface area contributed by atoms with Gasteiger partial charge in [0.1, 0.15) is 5.60 Å². The highest BCUT2D eigenvalue weighted by atomic mass is 16.3. The molecule has 0 aliphatic heterocycles. The zero-order valence-electron chi connectivity index (χ0n) is 14.0. The van der Waals surface area contributed by atoms with Crippen molar-refractivity contribution < 1.29 is 5.11 Å². The highest BCUT2D eigenvalue weighted by Crippen LogP contribution is 2.20. The third-order valence-corrected chi connectivity index (χ3v) is 4.05. The first-order valence-corrected chi connectivity index (χ1v) is 7.96. The van der Waals surface area contributed by atoms with Crippen LogP contribution in [0.15, 0.2) is 61.2 Å². The van der Waals surface area contributed by atoms with Crippen molar-refractivity contribution in [2.45, 2.75) is 19.1 Å². The van der Waals surface area contributed by atoms with Gasteiger partial charge in [-0.15, -0.1) is 0 Å². The molecule has 2 aromatic heterocycles. The van der Waals surface area contributed by atoms with Crippen molar-refractivity contribution in [3.63, 3.8) is 0 Å². The molecule has 0 spiro atoms. The average Bonchev–Trinajstić information content (AvgIpc) is 3.03. The van der Waals surface area contributed by atoms with E-state index < -0.39 is 5.60 Å². The summed E-state index contributed by atoms with van der Waals surface area (Å²) >= 11 is 0. The summed E-state index contributed by atoms with van der Waals surface area (Å²) < 4.78 is 1.70. The summed E-state index contributed by atoms with van der Waals surface area (Å²) in [5.41, 5.74) is 3.26. The highest BCUT2D eigenvalue weighted by Gasteiger charge is 2.24. The van der Waals surface area contributed by atoms with Crippen molar-refractivity contribution in [3.05, 3.63) is 72.3 Å². The quantitative estimate of drug-likeness (QED) is 0.732. The second-order valence-corrected chi connectivity index (χ2v) is 6.22. The van der Waals surface area contributed by atoms with Gasteiger partial charge in [-0.1, -0.05) is 24.3 Å². The Morgan fingerprint density at radius 1 is 1.17 bits per heavy atom. The van der Waals surface area contributed by atoms with E-state index in [1.807, 2.05) is 37.6 Å². The van der Waals surface area contributed by atoms with E-state index in [9.17, 15) is 5.11 Å². The van der Waals surface area contributed by atoms with Crippen LogP contribution in [0.1, 0.15) is 18.1 Å². The second-order valence-electron chi connectivity index (χ2n) is 6.22. The van der Waals surface area contributed by atoms with E-state index in [0.717, 1.165) is 16.7 Å². The van der Waals surface area contributed by atoms with E-state index in [1.54, 1.807) is 24.0 Å². The maximum Gasteiger partial charge on any atom is 0.102 e. The van der Waals surface area contributed by atoms with E-state index >= 15 is 0 Å². The predicted octanol–water partition coefficient (Wildman–Crippen LogP) is 2.48. The SMILES string of the molecule is Cn1cc(C(C)(O)CNCc2cccc(-c3cccnc3)c2)cn1. The van der Waals surface area contributed by atoms with Gasteiger partial charge in [0.25, 0.3) is 0 Å². The van der Waals surface area contributed by atoms with E-state index in [0.29, 0.717) is 13.1 Å². The number of pyridine rings is 1. The van der Waals surface area contributed by atoms with Gasteiger partial charge in [-0.2, -0.15) is 5.10 Å². The molecule has 0 bridgehead atoms. The lowest BCUT2D eigenvalue weighted by Gasteiger charge is -2.22. The molecule has 124 valence electrons. The molecule has 1 atom stereocenters. The van der Waals surface area contributed by atoms with E-state index in [2.05, 4.69) is 33.6 Å². The number of rotatable bonds is 6. The zero-order chi connectivity index (χ0) is 17.0. The molecule has 3 rings (SSSR count). The minimum Gasteiger partial charge on any atom is -0.384 e. The van der Waals surface area contributed by atoms with Gasteiger partial charge in [-0.3, -0.25) is 9.67 Å². The molecule has 1 unspecified atom stereocenters. The largest absolute Gasteiger partial charge is 0.384 e. The Balaban J connectivity index is 1.63. The molecule has 24 heavy (non-hydrogen) atoms. The number of hydrogen-bond donors (Lipinski definition) is 2. The topological polar surface area (TPSA) is 63.0 Å². The summed E-state index contributed by atoms with van der Waals surface area (Å²) in [7, 11) is 1.84. The number of aromatic nitrogens is 3. The third kappa shape index (κ3) is 3.88. The fraction of sp³-hybridized carbons (Fsp3) is 0.263. The van der Waals surface area contributed by atoms with Gasteiger partial charge in [0, 0.05) is 44.3 Å². The predicted molar refractivity (Wildman–Crippen MR) is 94.2 cm³/mol. The molecule has 0 aliphatic carbocycles. The second kappa shape index (κ2) is 6.95. The van der Waals surface area contributed by atoms with Crippen LogP contribution in [0.25, 0.3) is 11.1 Å². The molecule has 2 heterocycles. The molecule has 0 aliphatic rings. The van der Waals surface area contributed by atoms with Gasteiger partial charge < -0.3 is 10.4 Å². The van der Waals surface area contributed by atoms with Gasteiger partial charge in [0.15, 0.2) is 0 Å². The van der Waals surface area contributed by atoms with Gasteiger partial charge in [-0.05, 0) is 35.7 Å². The summed E-state index contributed by atoms with van der Waals surface area (Å²) in [6.07, 6.45) is 7.17. The molecule has 0 saturated heterocycles. The number of benzene rings is 1. The third-order valence-electron chi connectivity index (χ3n) is 4.05. The summed E-state index contributed by atoms with van der Waals surface area (Å²) in [6.45, 7) is 2.93. The molecule has 0 radical (unpaired) electrons. The first kappa shape index (κ1) is 16.4. The Labute approximate surface area is 142 Å². The summed E-state index contributed by atoms with van der Waals surface area (Å²) in [6, 6.07) is 12.3. The van der Waals surface area contributed by atoms with Crippen LogP contribution in [0.3, 0.4) is 0 Å². The smallest absolute Gasteiger partial charge is 0.102 e. The van der Waals surface area contributed by atoms with Crippen molar-refractivity contribution in [2.75, 3.05) is 6.54 Å². The Hall–Kier alpha value is -2.50. The van der Waals surface area contributed by atoms with Crippen molar-refractivity contribution in [1.82, 2.24) is 20.1 Å². The van der Waals surface area contributed by atoms with Crippen molar-refractivity contribution >= 4 is 0 Å². The van der Waals surface area contributed by atoms with Gasteiger partial charge in [-0.25, -0.2) is 0 Å². The molecular formula is C19H22N4O. The number of aliphatic hydroxyl groups is 1. The van der Waals surface area contributed by atoms with Crippen molar-refractivity contribution in [3.8, 4) is 11.1 Å². The molecule has 0 fully saturated rings. The maximum atomic E-state index is 10.6. The summed E-state index contributed by atoms with van der Waals surface area (Å²) in [5.74, 6) is 0. The fourth-order valence-corrected chi connectivity index (χ4v) is 2.65. The average molecular weight is 322 g/mol. The fourth-order valence-electron chi connectivity index (χ4n) is 2.65. The van der Waals surface area contributed by atoms with Crippen LogP contribution >= 0.6 is 0 Å². The van der Waals surface area contributed by atoms with Crippen LogP contribution in [-0.2, 0) is 19.2 Å². The first-order valence-electron chi connectivity index (χ1n) is 7.96.